The van der Waals surface area contributed by atoms with Crippen LogP contribution in [0.4, 0.5) is 11.6 Å². The third-order valence-electron chi connectivity index (χ3n) is 2.20. The highest BCUT2D eigenvalue weighted by atomic mass is 32.1. The molecule has 1 N–H and O–H groups in total. The molecule has 0 bridgehead atoms. The van der Waals surface area contributed by atoms with Gasteiger partial charge in [0.2, 0.25) is 5.95 Å². The number of nitro groups is 1. The Hall–Kier alpha value is -2.09. The maximum atomic E-state index is 10.5. The van der Waals surface area contributed by atoms with Crippen molar-refractivity contribution in [3.8, 4) is 0 Å². The summed E-state index contributed by atoms with van der Waals surface area (Å²) < 4.78 is 0. The van der Waals surface area contributed by atoms with Crippen LogP contribution < -0.4 is 5.32 Å². The van der Waals surface area contributed by atoms with Crippen LogP contribution in [0.25, 0.3) is 0 Å². The zero-order chi connectivity index (χ0) is 13.1. The lowest BCUT2D eigenvalue weighted by atomic mass is 10.3. The van der Waals surface area contributed by atoms with Gasteiger partial charge < -0.3 is 5.32 Å². The van der Waals surface area contributed by atoms with E-state index < -0.39 is 4.92 Å². The van der Waals surface area contributed by atoms with E-state index in [1.165, 1.54) is 12.4 Å². The quantitative estimate of drug-likeness (QED) is 0.673. The number of hydrogen-bond acceptors (Lipinski definition) is 7. The van der Waals surface area contributed by atoms with Gasteiger partial charge in [-0.25, -0.2) is 15.0 Å². The highest BCUT2D eigenvalue weighted by Crippen LogP contribution is 2.20. The van der Waals surface area contributed by atoms with E-state index >= 15 is 0 Å². The number of thiazole rings is 1. The molecule has 0 saturated carbocycles. The number of nitrogens with zero attached hydrogens (tertiary/aromatic N) is 4. The van der Waals surface area contributed by atoms with Crippen LogP contribution in [0.15, 0.2) is 17.8 Å². The molecular weight excluding hydrogens is 254 g/mol. The first-order valence-electron chi connectivity index (χ1n) is 5.21. The second-order valence-electron chi connectivity index (χ2n) is 3.72. The van der Waals surface area contributed by atoms with Crippen molar-refractivity contribution in [3.63, 3.8) is 0 Å². The average molecular weight is 265 g/mol. The Kier molecular flexibility index (Phi) is 3.47. The summed E-state index contributed by atoms with van der Waals surface area (Å²) in [6.07, 6.45) is 2.35. The van der Waals surface area contributed by atoms with Gasteiger partial charge in [0.15, 0.2) is 0 Å². The van der Waals surface area contributed by atoms with Gasteiger partial charge in [-0.3, -0.25) is 10.1 Å². The van der Waals surface area contributed by atoms with Gasteiger partial charge in [-0.2, -0.15) is 0 Å². The summed E-state index contributed by atoms with van der Waals surface area (Å²) >= 11 is 1.55. The number of rotatable bonds is 4. The lowest BCUT2D eigenvalue weighted by Gasteiger charge is -2.10. The van der Waals surface area contributed by atoms with Crippen molar-refractivity contribution in [2.45, 2.75) is 19.9 Å². The van der Waals surface area contributed by atoms with Crippen LogP contribution in [-0.2, 0) is 0 Å². The zero-order valence-corrected chi connectivity index (χ0v) is 10.6. The fourth-order valence-corrected chi connectivity index (χ4v) is 2.12. The molecule has 0 aromatic carbocycles. The van der Waals surface area contributed by atoms with E-state index in [0.717, 1.165) is 10.7 Å². The van der Waals surface area contributed by atoms with Crippen LogP contribution in [0, 0.1) is 17.0 Å². The molecule has 1 atom stereocenters. The average Bonchev–Trinajstić information content (AvgIpc) is 2.76. The lowest BCUT2D eigenvalue weighted by Crippen LogP contribution is -2.09. The Morgan fingerprint density at radius 3 is 2.61 bits per heavy atom. The van der Waals surface area contributed by atoms with Gasteiger partial charge in [0.1, 0.15) is 17.4 Å². The maximum Gasteiger partial charge on any atom is 0.305 e. The van der Waals surface area contributed by atoms with Crippen LogP contribution in [0.2, 0.25) is 0 Å². The minimum Gasteiger partial charge on any atom is -0.345 e. The van der Waals surface area contributed by atoms with Gasteiger partial charge in [-0.15, -0.1) is 11.3 Å². The Bertz CT molecular complexity index is 554. The molecule has 8 heteroatoms. The standard InChI is InChI=1S/C10H11N5O2S/c1-6-5-18-9(13-6)7(2)14-10-11-3-8(4-12-10)15(16)17/h3-5,7H,1-2H3,(H,11,12,14). The number of anilines is 1. The molecule has 0 spiro atoms. The Morgan fingerprint density at radius 1 is 1.44 bits per heavy atom. The first-order chi connectivity index (χ1) is 8.56. The molecule has 0 aliphatic heterocycles. The van der Waals surface area contributed by atoms with Crippen molar-refractivity contribution in [1.82, 2.24) is 15.0 Å². The molecule has 7 nitrogen and oxygen atoms in total. The van der Waals surface area contributed by atoms with E-state index in [1.807, 2.05) is 19.2 Å². The van der Waals surface area contributed by atoms with Crippen molar-refractivity contribution in [2.75, 3.05) is 5.32 Å². The molecule has 2 heterocycles. The third kappa shape index (κ3) is 2.77. The van der Waals surface area contributed by atoms with Crippen molar-refractivity contribution in [1.29, 1.82) is 0 Å². The molecule has 18 heavy (non-hydrogen) atoms. The van der Waals surface area contributed by atoms with Crippen LogP contribution in [0.1, 0.15) is 23.7 Å². The number of aryl methyl sites for hydroxylation is 1. The van der Waals surface area contributed by atoms with Gasteiger partial charge in [0.25, 0.3) is 0 Å². The highest BCUT2D eigenvalue weighted by molar-refractivity contribution is 7.09. The van der Waals surface area contributed by atoms with Crippen molar-refractivity contribution >= 4 is 23.0 Å². The summed E-state index contributed by atoms with van der Waals surface area (Å²) in [7, 11) is 0. The van der Waals surface area contributed by atoms with Crippen LogP contribution in [-0.4, -0.2) is 19.9 Å². The van der Waals surface area contributed by atoms with Crippen molar-refractivity contribution in [3.05, 3.63) is 38.6 Å². The second-order valence-corrected chi connectivity index (χ2v) is 4.60. The van der Waals surface area contributed by atoms with Gasteiger partial charge in [-0.1, -0.05) is 0 Å². The molecule has 0 radical (unpaired) electrons. The lowest BCUT2D eigenvalue weighted by molar-refractivity contribution is -0.385. The van der Waals surface area contributed by atoms with Crippen molar-refractivity contribution in [2.24, 2.45) is 0 Å². The first kappa shape index (κ1) is 12.4. The van der Waals surface area contributed by atoms with Gasteiger partial charge in [0, 0.05) is 11.1 Å². The topological polar surface area (TPSA) is 93.8 Å². The molecule has 0 fully saturated rings. The molecule has 2 aromatic heterocycles. The van der Waals surface area contributed by atoms with Crippen molar-refractivity contribution < 1.29 is 4.92 Å². The van der Waals surface area contributed by atoms with E-state index in [-0.39, 0.29) is 11.7 Å². The fraction of sp³-hybridized carbons (Fsp3) is 0.300. The molecule has 0 aliphatic rings. The summed E-state index contributed by atoms with van der Waals surface area (Å²) in [5, 5.41) is 16.4. The number of nitrogens with one attached hydrogen (secondary N) is 1. The predicted octanol–water partition coefficient (Wildman–Crippen LogP) is 2.32. The van der Waals surface area contributed by atoms with Crippen LogP contribution >= 0.6 is 11.3 Å². The van der Waals surface area contributed by atoms with Gasteiger partial charge in [0.05, 0.1) is 11.0 Å². The maximum absolute atomic E-state index is 10.5. The molecule has 0 amide bonds. The minimum absolute atomic E-state index is 0.0369. The second kappa shape index (κ2) is 5.05. The summed E-state index contributed by atoms with van der Waals surface area (Å²) in [5.41, 5.74) is 0.839. The van der Waals surface area contributed by atoms with Crippen LogP contribution in [0.5, 0.6) is 0 Å². The molecular formula is C10H11N5O2S. The molecule has 1 unspecified atom stereocenters. The fourth-order valence-electron chi connectivity index (χ4n) is 1.32. The van der Waals surface area contributed by atoms with E-state index in [1.54, 1.807) is 11.3 Å². The van der Waals surface area contributed by atoms with E-state index in [9.17, 15) is 10.1 Å². The largest absolute Gasteiger partial charge is 0.345 e. The molecule has 0 aliphatic carbocycles. The molecule has 2 aromatic rings. The minimum atomic E-state index is -0.530. The molecule has 0 saturated heterocycles. The SMILES string of the molecule is Cc1csc(C(C)Nc2ncc([N+](=O)[O-])cn2)n1. The number of hydrogen-bond donors (Lipinski definition) is 1. The van der Waals surface area contributed by atoms with Gasteiger partial charge in [-0.05, 0) is 13.8 Å². The molecule has 94 valence electrons. The highest BCUT2D eigenvalue weighted by Gasteiger charge is 2.12. The van der Waals surface area contributed by atoms with Crippen LogP contribution in [0.3, 0.4) is 0 Å². The Labute approximate surface area is 107 Å². The first-order valence-corrected chi connectivity index (χ1v) is 6.09. The number of aromatic nitrogens is 3. The monoisotopic (exact) mass is 265 g/mol. The predicted molar refractivity (Wildman–Crippen MR) is 67.6 cm³/mol. The summed E-state index contributed by atoms with van der Waals surface area (Å²) in [6, 6.07) is -0.0369. The van der Waals surface area contributed by atoms with E-state index in [4.69, 9.17) is 0 Å². The van der Waals surface area contributed by atoms with E-state index in [2.05, 4.69) is 20.3 Å². The molecule has 2 rings (SSSR count). The summed E-state index contributed by atoms with van der Waals surface area (Å²) in [4.78, 5) is 22.0. The normalized spacial score (nSPS) is 12.1. The zero-order valence-electron chi connectivity index (χ0n) is 9.82. The summed E-state index contributed by atoms with van der Waals surface area (Å²) in [6.45, 7) is 3.86. The summed E-state index contributed by atoms with van der Waals surface area (Å²) in [5.74, 6) is 0.348. The third-order valence-corrected chi connectivity index (χ3v) is 3.35. The smallest absolute Gasteiger partial charge is 0.305 e. The Morgan fingerprint density at radius 2 is 2.11 bits per heavy atom. The van der Waals surface area contributed by atoms with E-state index in [0.29, 0.717) is 5.95 Å². The van der Waals surface area contributed by atoms with Gasteiger partial charge >= 0.3 is 5.69 Å². The Balaban J connectivity index is 2.07.